The summed E-state index contributed by atoms with van der Waals surface area (Å²) < 4.78 is 33.7. The number of allylic oxidation sites excluding steroid dienone is 4. The monoisotopic (exact) mass is 481 g/mol. The first-order chi connectivity index (χ1) is 16.8. The van der Waals surface area contributed by atoms with Crippen LogP contribution in [0, 0.1) is 0 Å². The van der Waals surface area contributed by atoms with E-state index < -0.39 is 29.8 Å². The number of carbonyl (C=O) groups is 1. The number of aliphatic hydroxyl groups excluding tert-OH is 1. The largest absolute Gasteiger partial charge is 0.496 e. The average Bonchev–Trinajstić information content (AvgIpc) is 3.21. The molecular formula is C25H25F2N5O3. The van der Waals surface area contributed by atoms with E-state index in [2.05, 4.69) is 10.4 Å². The predicted octanol–water partition coefficient (Wildman–Crippen LogP) is 3.67. The van der Waals surface area contributed by atoms with Crippen molar-refractivity contribution >= 4 is 11.7 Å². The molecule has 2 unspecified atom stereocenters. The molecule has 1 aliphatic carbocycles. The molecule has 4 rings (SSSR count). The van der Waals surface area contributed by atoms with Crippen molar-refractivity contribution in [2.24, 2.45) is 5.73 Å². The summed E-state index contributed by atoms with van der Waals surface area (Å²) in [5.74, 6) is -2.19. The maximum absolute atomic E-state index is 13.8. The smallest absolute Gasteiger partial charge is 0.254 e. The molecule has 1 aromatic heterocycles. The number of para-hydroxylation sites is 1. The van der Waals surface area contributed by atoms with Crippen molar-refractivity contribution in [2.45, 2.75) is 25.2 Å². The van der Waals surface area contributed by atoms with Crippen molar-refractivity contribution in [1.82, 2.24) is 15.1 Å². The van der Waals surface area contributed by atoms with E-state index in [0.29, 0.717) is 23.4 Å². The normalized spacial score (nSPS) is 16.4. The quantitative estimate of drug-likeness (QED) is 0.364. The fourth-order valence-electron chi connectivity index (χ4n) is 3.95. The molecule has 0 aliphatic heterocycles. The van der Waals surface area contributed by atoms with Crippen LogP contribution < -0.4 is 21.5 Å². The van der Waals surface area contributed by atoms with Crippen LogP contribution in [0.5, 0.6) is 5.75 Å². The Bertz CT molecular complexity index is 1300. The molecule has 3 aromatic rings. The highest BCUT2D eigenvalue weighted by atomic mass is 19.2. The van der Waals surface area contributed by atoms with Gasteiger partial charge in [-0.15, -0.1) is 0 Å². The highest BCUT2D eigenvalue weighted by molar-refractivity contribution is 6.03. The number of methoxy groups -OCH3 is 1. The lowest BCUT2D eigenvalue weighted by molar-refractivity contribution is 0.100. The molecule has 35 heavy (non-hydrogen) atoms. The lowest BCUT2D eigenvalue weighted by atomic mass is 10.0. The van der Waals surface area contributed by atoms with Gasteiger partial charge in [0.15, 0.2) is 11.7 Å². The summed E-state index contributed by atoms with van der Waals surface area (Å²) >= 11 is 0. The van der Waals surface area contributed by atoms with Crippen LogP contribution in [-0.2, 0) is 6.54 Å². The van der Waals surface area contributed by atoms with Gasteiger partial charge in [0.1, 0.15) is 29.1 Å². The highest BCUT2D eigenvalue weighted by Gasteiger charge is 2.26. The summed E-state index contributed by atoms with van der Waals surface area (Å²) in [4.78, 5) is 12.1. The van der Waals surface area contributed by atoms with Gasteiger partial charge in [0.25, 0.3) is 5.91 Å². The second kappa shape index (κ2) is 10.1. The number of ether oxygens (including phenoxy) is 1. The van der Waals surface area contributed by atoms with Gasteiger partial charge >= 0.3 is 0 Å². The fraction of sp³-hybridized carbons (Fsp3) is 0.200. The van der Waals surface area contributed by atoms with Crippen molar-refractivity contribution in [2.75, 3.05) is 12.8 Å². The average molecular weight is 482 g/mol. The third kappa shape index (κ3) is 4.93. The molecule has 1 heterocycles. The molecule has 182 valence electrons. The summed E-state index contributed by atoms with van der Waals surface area (Å²) in [7, 11) is 1.54. The van der Waals surface area contributed by atoms with Gasteiger partial charge in [0, 0.05) is 17.7 Å². The zero-order valence-corrected chi connectivity index (χ0v) is 18.9. The van der Waals surface area contributed by atoms with Crippen LogP contribution in [0.1, 0.15) is 40.2 Å². The van der Waals surface area contributed by atoms with Gasteiger partial charge in [-0.05, 0) is 30.2 Å². The van der Waals surface area contributed by atoms with Gasteiger partial charge in [-0.1, -0.05) is 42.5 Å². The van der Waals surface area contributed by atoms with Crippen LogP contribution in [0.3, 0.4) is 0 Å². The second-order valence-electron chi connectivity index (χ2n) is 8.01. The number of aliphatic hydroxyl groups is 1. The number of benzene rings is 2. The second-order valence-corrected chi connectivity index (χ2v) is 8.01. The number of nitrogen functional groups attached to an aromatic ring is 1. The zero-order chi connectivity index (χ0) is 25.1. The van der Waals surface area contributed by atoms with Crippen LogP contribution in [0.4, 0.5) is 14.6 Å². The van der Waals surface area contributed by atoms with E-state index in [1.54, 1.807) is 36.4 Å². The number of halogens is 2. The number of nitrogens with one attached hydrogen (secondary N) is 1. The molecule has 0 radical (unpaired) electrons. The number of hydrogen-bond acceptors (Lipinski definition) is 6. The first kappa shape index (κ1) is 24.1. The fourth-order valence-corrected chi connectivity index (χ4v) is 3.95. The van der Waals surface area contributed by atoms with E-state index in [4.69, 9.17) is 16.2 Å². The van der Waals surface area contributed by atoms with Crippen molar-refractivity contribution in [3.63, 3.8) is 0 Å². The number of primary amides is 1. The van der Waals surface area contributed by atoms with Crippen molar-refractivity contribution in [3.8, 4) is 17.0 Å². The van der Waals surface area contributed by atoms with E-state index in [-0.39, 0.29) is 23.5 Å². The van der Waals surface area contributed by atoms with Crippen molar-refractivity contribution < 1.29 is 23.4 Å². The standard InChI is InChI=1S/C25H25F2N5O3/c1-35-20-5-3-2-4-17(20)25(34)30-13-14-6-8-15(9-7-14)22-21(24(29)33)23(28)32(31-22)16-10-11-18(26)19(27)12-16/h2-9,11-12,16,25,30,34H,10,13,28H2,1H3,(H2,29,33). The highest BCUT2D eigenvalue weighted by Crippen LogP contribution is 2.34. The number of amides is 1. The Hall–Kier alpha value is -4.02. The molecule has 10 heteroatoms. The lowest BCUT2D eigenvalue weighted by Gasteiger charge is -2.16. The Labute approximate surface area is 200 Å². The molecule has 0 fully saturated rings. The van der Waals surface area contributed by atoms with Crippen LogP contribution in [0.15, 0.2) is 72.3 Å². The molecule has 0 spiro atoms. The minimum atomic E-state index is -1.01. The van der Waals surface area contributed by atoms with E-state index in [9.17, 15) is 18.7 Å². The molecule has 6 N–H and O–H groups in total. The number of aromatic nitrogens is 2. The molecular weight excluding hydrogens is 456 g/mol. The molecule has 0 saturated heterocycles. The minimum absolute atomic E-state index is 0.00584. The number of nitrogens with zero attached hydrogens (tertiary/aromatic N) is 2. The molecule has 2 atom stereocenters. The molecule has 2 aromatic carbocycles. The first-order valence-electron chi connectivity index (χ1n) is 10.8. The lowest BCUT2D eigenvalue weighted by Crippen LogP contribution is -2.20. The maximum atomic E-state index is 13.8. The van der Waals surface area contributed by atoms with Crippen LogP contribution in [-0.4, -0.2) is 27.9 Å². The Kier molecular flexibility index (Phi) is 6.94. The number of carbonyl (C=O) groups excluding carboxylic acids is 1. The third-order valence-corrected chi connectivity index (χ3v) is 5.77. The number of anilines is 1. The van der Waals surface area contributed by atoms with Gasteiger partial charge in [-0.25, -0.2) is 13.5 Å². The van der Waals surface area contributed by atoms with Gasteiger partial charge < -0.3 is 21.3 Å². The Morgan fingerprint density at radius 1 is 1.23 bits per heavy atom. The molecule has 0 bridgehead atoms. The Morgan fingerprint density at radius 3 is 2.60 bits per heavy atom. The van der Waals surface area contributed by atoms with E-state index in [1.165, 1.54) is 11.8 Å². The van der Waals surface area contributed by atoms with E-state index >= 15 is 0 Å². The van der Waals surface area contributed by atoms with E-state index in [0.717, 1.165) is 17.7 Å². The SMILES string of the molecule is COc1ccccc1C(O)NCc1ccc(-c2nn(C3C=C(F)C(F)=CC3)c(N)c2C(N)=O)cc1. The van der Waals surface area contributed by atoms with Gasteiger partial charge in [-0.2, -0.15) is 5.10 Å². The number of hydrogen-bond donors (Lipinski definition) is 4. The predicted molar refractivity (Wildman–Crippen MR) is 127 cm³/mol. The summed E-state index contributed by atoms with van der Waals surface area (Å²) in [5, 5.41) is 17.9. The molecule has 1 amide bonds. The minimum Gasteiger partial charge on any atom is -0.496 e. The zero-order valence-electron chi connectivity index (χ0n) is 18.9. The first-order valence-corrected chi connectivity index (χ1v) is 10.8. The van der Waals surface area contributed by atoms with Crippen LogP contribution in [0.2, 0.25) is 0 Å². The van der Waals surface area contributed by atoms with Crippen molar-refractivity contribution in [1.29, 1.82) is 0 Å². The molecule has 8 nitrogen and oxygen atoms in total. The Morgan fingerprint density at radius 2 is 1.94 bits per heavy atom. The van der Waals surface area contributed by atoms with Crippen LogP contribution in [0.25, 0.3) is 11.3 Å². The molecule has 0 saturated carbocycles. The Balaban J connectivity index is 1.54. The van der Waals surface area contributed by atoms with Crippen molar-refractivity contribution in [3.05, 3.63) is 89.0 Å². The van der Waals surface area contributed by atoms with Gasteiger partial charge in [-0.3, -0.25) is 10.1 Å². The van der Waals surface area contributed by atoms with Crippen LogP contribution >= 0.6 is 0 Å². The topological polar surface area (TPSA) is 128 Å². The summed E-state index contributed by atoms with van der Waals surface area (Å²) in [5.41, 5.74) is 14.0. The summed E-state index contributed by atoms with van der Waals surface area (Å²) in [6.45, 7) is 0.350. The maximum Gasteiger partial charge on any atom is 0.254 e. The van der Waals surface area contributed by atoms with Gasteiger partial charge in [0.05, 0.1) is 13.2 Å². The summed E-state index contributed by atoms with van der Waals surface area (Å²) in [6.07, 6.45) is 1.36. The van der Waals surface area contributed by atoms with E-state index in [1.807, 2.05) is 12.1 Å². The molecule has 1 aliphatic rings. The number of nitrogens with two attached hydrogens (primary N) is 2. The van der Waals surface area contributed by atoms with Gasteiger partial charge in [0.2, 0.25) is 0 Å². The summed E-state index contributed by atoms with van der Waals surface area (Å²) in [6, 6.07) is 13.5. The third-order valence-electron chi connectivity index (χ3n) is 5.77. The number of rotatable bonds is 8.